The minimum Gasteiger partial charge on any atom is -0.381 e. The number of nitrogens with zero attached hydrogens (tertiary/aromatic N) is 1. The van der Waals surface area contributed by atoms with Gasteiger partial charge < -0.3 is 10.5 Å². The molecule has 1 fully saturated rings. The van der Waals surface area contributed by atoms with Crippen LogP contribution in [0.3, 0.4) is 0 Å². The van der Waals surface area contributed by atoms with Crippen LogP contribution >= 0.6 is 12.4 Å². The summed E-state index contributed by atoms with van der Waals surface area (Å²) >= 11 is 0. The van der Waals surface area contributed by atoms with E-state index in [4.69, 9.17) is 10.5 Å². The van der Waals surface area contributed by atoms with E-state index in [2.05, 4.69) is 0 Å². The van der Waals surface area contributed by atoms with E-state index in [1.54, 1.807) is 11.2 Å². The fraction of sp³-hybridized carbons (Fsp3) is 1.00. The number of sulfonamides is 1. The van der Waals surface area contributed by atoms with E-state index >= 15 is 0 Å². The number of nitrogens with two attached hydrogens (primary N) is 1. The Morgan fingerprint density at radius 3 is 2.53 bits per heavy atom. The quantitative estimate of drug-likeness (QED) is 0.796. The summed E-state index contributed by atoms with van der Waals surface area (Å²) < 4.78 is 30.7. The lowest BCUT2D eigenvalue weighted by atomic mass is 10.1. The molecule has 0 aromatic rings. The molecule has 3 atom stereocenters. The molecule has 0 bridgehead atoms. The van der Waals surface area contributed by atoms with Crippen molar-refractivity contribution in [2.45, 2.75) is 32.4 Å². The topological polar surface area (TPSA) is 72.6 Å². The maximum atomic E-state index is 12.1. The molecule has 1 aliphatic rings. The molecule has 0 saturated carbocycles. The number of halogens is 1. The van der Waals surface area contributed by atoms with Gasteiger partial charge in [-0.3, -0.25) is 0 Å². The maximum Gasteiger partial charge on any atom is 0.216 e. The van der Waals surface area contributed by atoms with Gasteiger partial charge in [-0.05, 0) is 32.7 Å². The van der Waals surface area contributed by atoms with Crippen molar-refractivity contribution in [3.63, 3.8) is 0 Å². The van der Waals surface area contributed by atoms with Crippen LogP contribution in [0.2, 0.25) is 0 Å². The first-order chi connectivity index (χ1) is 7.40. The van der Waals surface area contributed by atoms with E-state index in [-0.39, 0.29) is 30.3 Å². The summed E-state index contributed by atoms with van der Waals surface area (Å²) in [7, 11) is -1.69. The first-order valence-corrected chi connectivity index (χ1v) is 7.24. The number of hydrogen-bond acceptors (Lipinski definition) is 4. The van der Waals surface area contributed by atoms with Gasteiger partial charge >= 0.3 is 0 Å². The largest absolute Gasteiger partial charge is 0.381 e. The Bertz CT molecular complexity index is 324. The normalized spacial score (nSPS) is 27.8. The van der Waals surface area contributed by atoms with Gasteiger partial charge in [0.15, 0.2) is 0 Å². The minimum atomic E-state index is -3.21. The maximum absolute atomic E-state index is 12.1. The van der Waals surface area contributed by atoms with Crippen LogP contribution in [-0.4, -0.2) is 50.8 Å². The van der Waals surface area contributed by atoms with Crippen molar-refractivity contribution in [3.05, 3.63) is 0 Å². The summed E-state index contributed by atoms with van der Waals surface area (Å²) in [5.41, 5.74) is 5.58. The Morgan fingerprint density at radius 1 is 1.53 bits per heavy atom. The average Bonchev–Trinajstić information content (AvgIpc) is 2.59. The lowest BCUT2D eigenvalue weighted by Crippen LogP contribution is -2.39. The van der Waals surface area contributed by atoms with Crippen molar-refractivity contribution >= 4 is 22.4 Å². The second-order valence-electron chi connectivity index (χ2n) is 4.58. The van der Waals surface area contributed by atoms with E-state index in [0.717, 1.165) is 6.42 Å². The van der Waals surface area contributed by atoms with Crippen LogP contribution in [0.5, 0.6) is 0 Å². The number of rotatable bonds is 5. The zero-order valence-electron chi connectivity index (χ0n) is 10.6. The van der Waals surface area contributed by atoms with Gasteiger partial charge in [0.25, 0.3) is 0 Å². The van der Waals surface area contributed by atoms with Gasteiger partial charge in [0.1, 0.15) is 0 Å². The second kappa shape index (κ2) is 6.89. The molecular formula is C10H23ClN2O3S. The predicted octanol–water partition coefficient (Wildman–Crippen LogP) is 0.442. The average molecular weight is 287 g/mol. The Balaban J connectivity index is 0.00000256. The van der Waals surface area contributed by atoms with Crippen LogP contribution in [0.25, 0.3) is 0 Å². The van der Waals surface area contributed by atoms with Gasteiger partial charge in [0, 0.05) is 19.7 Å². The third-order valence-electron chi connectivity index (χ3n) is 3.14. The molecule has 3 unspecified atom stereocenters. The monoisotopic (exact) mass is 286 g/mol. The summed E-state index contributed by atoms with van der Waals surface area (Å²) in [4.78, 5) is 0. The Hall–Kier alpha value is 0.120. The van der Waals surface area contributed by atoms with Crippen LogP contribution < -0.4 is 5.73 Å². The van der Waals surface area contributed by atoms with Crippen LogP contribution in [-0.2, 0) is 14.8 Å². The highest BCUT2D eigenvalue weighted by atomic mass is 35.5. The third kappa shape index (κ3) is 4.37. The third-order valence-corrected chi connectivity index (χ3v) is 5.26. The van der Waals surface area contributed by atoms with Crippen LogP contribution in [0.1, 0.15) is 20.3 Å². The first kappa shape index (κ1) is 17.1. The standard InChI is InChI=1S/C10H22N2O3S.ClH/c1-8-4-10(5-11)6-12(8)16(13,14)7-9(2)15-3;/h8-10H,4-7,11H2,1-3H3;1H. The summed E-state index contributed by atoms with van der Waals surface area (Å²) in [6.45, 7) is 4.80. The fourth-order valence-electron chi connectivity index (χ4n) is 2.13. The minimum absolute atomic E-state index is 0. The number of ether oxygens (including phenoxy) is 1. The van der Waals surface area contributed by atoms with E-state index in [9.17, 15) is 8.42 Å². The molecule has 1 heterocycles. The lowest BCUT2D eigenvalue weighted by molar-refractivity contribution is 0.135. The highest BCUT2D eigenvalue weighted by Gasteiger charge is 2.36. The molecule has 0 radical (unpaired) electrons. The van der Waals surface area contributed by atoms with Gasteiger partial charge in [0.05, 0.1) is 11.9 Å². The zero-order chi connectivity index (χ0) is 12.3. The van der Waals surface area contributed by atoms with Crippen molar-refractivity contribution in [3.8, 4) is 0 Å². The molecule has 17 heavy (non-hydrogen) atoms. The van der Waals surface area contributed by atoms with Crippen LogP contribution in [0, 0.1) is 5.92 Å². The molecule has 1 rings (SSSR count). The Morgan fingerprint density at radius 2 is 2.12 bits per heavy atom. The highest BCUT2D eigenvalue weighted by Crippen LogP contribution is 2.25. The molecule has 5 nitrogen and oxygen atoms in total. The number of methoxy groups -OCH3 is 1. The zero-order valence-corrected chi connectivity index (χ0v) is 12.3. The van der Waals surface area contributed by atoms with Gasteiger partial charge in [-0.1, -0.05) is 0 Å². The van der Waals surface area contributed by atoms with Gasteiger partial charge in [-0.25, -0.2) is 8.42 Å². The molecule has 0 spiro atoms. The van der Waals surface area contributed by atoms with E-state index in [0.29, 0.717) is 19.0 Å². The highest BCUT2D eigenvalue weighted by molar-refractivity contribution is 7.89. The van der Waals surface area contributed by atoms with Crippen molar-refractivity contribution in [2.24, 2.45) is 11.7 Å². The van der Waals surface area contributed by atoms with Crippen molar-refractivity contribution in [1.29, 1.82) is 0 Å². The molecule has 0 amide bonds. The molecule has 1 saturated heterocycles. The van der Waals surface area contributed by atoms with E-state index in [1.807, 2.05) is 6.92 Å². The predicted molar refractivity (Wildman–Crippen MR) is 70.8 cm³/mol. The summed E-state index contributed by atoms with van der Waals surface area (Å²) in [6.07, 6.45) is 0.589. The Kier molecular flexibility index (Phi) is 6.94. The van der Waals surface area contributed by atoms with Crippen molar-refractivity contribution in [2.75, 3.05) is 26.0 Å². The molecule has 0 aromatic heterocycles. The molecule has 2 N–H and O–H groups in total. The van der Waals surface area contributed by atoms with Gasteiger partial charge in [-0.15, -0.1) is 12.4 Å². The lowest BCUT2D eigenvalue weighted by Gasteiger charge is -2.22. The second-order valence-corrected chi connectivity index (χ2v) is 6.55. The fourth-order valence-corrected chi connectivity index (χ4v) is 4.12. The van der Waals surface area contributed by atoms with E-state index in [1.165, 1.54) is 7.11 Å². The van der Waals surface area contributed by atoms with E-state index < -0.39 is 10.0 Å². The molecule has 104 valence electrons. The smallest absolute Gasteiger partial charge is 0.216 e. The molecule has 0 aliphatic carbocycles. The van der Waals surface area contributed by atoms with Crippen molar-refractivity contribution in [1.82, 2.24) is 4.31 Å². The summed E-state index contributed by atoms with van der Waals surface area (Å²) in [5, 5.41) is 0. The molecular weight excluding hydrogens is 264 g/mol. The Labute approximate surface area is 110 Å². The summed E-state index contributed by atoms with van der Waals surface area (Å²) in [6, 6.07) is 0.0580. The summed E-state index contributed by atoms with van der Waals surface area (Å²) in [5.74, 6) is 0.341. The molecule has 1 aliphatic heterocycles. The molecule has 0 aromatic carbocycles. The number of hydrogen-bond donors (Lipinski definition) is 1. The van der Waals surface area contributed by atoms with Gasteiger partial charge in [-0.2, -0.15) is 4.31 Å². The van der Waals surface area contributed by atoms with Crippen LogP contribution in [0.4, 0.5) is 0 Å². The molecule has 7 heteroatoms. The SMILES string of the molecule is COC(C)CS(=O)(=O)N1CC(CN)CC1C.Cl. The van der Waals surface area contributed by atoms with Crippen LogP contribution in [0.15, 0.2) is 0 Å². The van der Waals surface area contributed by atoms with Crippen molar-refractivity contribution < 1.29 is 13.2 Å². The van der Waals surface area contributed by atoms with Gasteiger partial charge in [0.2, 0.25) is 10.0 Å². The first-order valence-electron chi connectivity index (χ1n) is 5.63.